The Morgan fingerprint density at radius 1 is 1.26 bits per heavy atom. The first-order valence-corrected chi connectivity index (χ1v) is 7.06. The van der Waals surface area contributed by atoms with Gasteiger partial charge in [-0.05, 0) is 38.3 Å². The van der Waals surface area contributed by atoms with Crippen molar-refractivity contribution in [3.63, 3.8) is 0 Å². The van der Waals surface area contributed by atoms with Crippen molar-refractivity contribution in [2.24, 2.45) is 0 Å². The molecule has 0 saturated carbocycles. The number of likely N-dealkylation sites (N-methyl/N-ethyl adjacent to an activating group) is 1. The van der Waals surface area contributed by atoms with Gasteiger partial charge in [0.1, 0.15) is 5.54 Å². The van der Waals surface area contributed by atoms with E-state index in [-0.39, 0.29) is 11.9 Å². The van der Waals surface area contributed by atoms with Crippen molar-refractivity contribution in [3.05, 3.63) is 35.9 Å². The third-order valence-corrected chi connectivity index (χ3v) is 5.14. The summed E-state index contributed by atoms with van der Waals surface area (Å²) in [4.78, 5) is 14.8. The van der Waals surface area contributed by atoms with E-state index in [9.17, 15) is 4.79 Å². The van der Waals surface area contributed by atoms with Crippen LogP contribution in [0.25, 0.3) is 0 Å². The van der Waals surface area contributed by atoms with Gasteiger partial charge in [-0.3, -0.25) is 9.69 Å². The Kier molecular flexibility index (Phi) is 3.09. The molecular weight excluding hydrogens is 238 g/mol. The molecule has 3 nitrogen and oxygen atoms in total. The van der Waals surface area contributed by atoms with Gasteiger partial charge in [-0.15, -0.1) is 0 Å². The lowest BCUT2D eigenvalue weighted by Crippen LogP contribution is -2.58. The van der Waals surface area contributed by atoms with Crippen LogP contribution in [0, 0.1) is 0 Å². The standard InChI is InChI=1S/C16H21NO2/c1-17-13-8-9-14(12-6-4-3-5-7-12)16(17,11-10-13)15(18)19-2/h3-7,13-14H,8-11H2,1-2H3/t13-,14?,16-/m1/s1. The molecule has 1 aromatic carbocycles. The monoisotopic (exact) mass is 259 g/mol. The maximum Gasteiger partial charge on any atom is 0.326 e. The molecule has 3 rings (SSSR count). The van der Waals surface area contributed by atoms with E-state index in [2.05, 4.69) is 36.2 Å². The molecule has 0 aromatic heterocycles. The third kappa shape index (κ3) is 1.71. The fourth-order valence-corrected chi connectivity index (χ4v) is 4.13. The highest BCUT2D eigenvalue weighted by Gasteiger charge is 2.58. The Hall–Kier alpha value is -1.35. The number of carbonyl (C=O) groups is 1. The quantitative estimate of drug-likeness (QED) is 0.765. The summed E-state index contributed by atoms with van der Waals surface area (Å²) in [5, 5.41) is 0. The molecule has 1 aromatic rings. The predicted molar refractivity (Wildman–Crippen MR) is 73.9 cm³/mol. The van der Waals surface area contributed by atoms with E-state index < -0.39 is 5.54 Å². The summed E-state index contributed by atoms with van der Waals surface area (Å²) in [5.74, 6) is 0.191. The Morgan fingerprint density at radius 2 is 2.00 bits per heavy atom. The van der Waals surface area contributed by atoms with Gasteiger partial charge in [0, 0.05) is 12.0 Å². The van der Waals surface area contributed by atoms with Crippen molar-refractivity contribution in [1.29, 1.82) is 0 Å². The lowest BCUT2D eigenvalue weighted by atomic mass is 9.74. The SMILES string of the molecule is COC(=O)[C@@]12CC[C@@H](CCC1c1ccccc1)N2C. The second kappa shape index (κ2) is 4.64. The van der Waals surface area contributed by atoms with Gasteiger partial charge < -0.3 is 4.74 Å². The molecule has 0 aliphatic carbocycles. The van der Waals surface area contributed by atoms with Crippen LogP contribution in [0.2, 0.25) is 0 Å². The van der Waals surface area contributed by atoms with Crippen LogP contribution in [0.1, 0.15) is 37.2 Å². The normalized spacial score (nSPS) is 34.2. The molecular formula is C16H21NO2. The highest BCUT2D eigenvalue weighted by Crippen LogP contribution is 2.51. The van der Waals surface area contributed by atoms with Crippen LogP contribution in [-0.2, 0) is 9.53 Å². The number of hydrogen-bond acceptors (Lipinski definition) is 3. The number of methoxy groups -OCH3 is 1. The molecule has 2 bridgehead atoms. The molecule has 19 heavy (non-hydrogen) atoms. The summed E-state index contributed by atoms with van der Waals surface area (Å²) in [6.45, 7) is 0. The molecule has 0 N–H and O–H groups in total. The Balaban J connectivity index is 2.05. The van der Waals surface area contributed by atoms with Gasteiger partial charge in [0.05, 0.1) is 7.11 Å². The lowest BCUT2D eigenvalue weighted by molar-refractivity contribution is -0.157. The van der Waals surface area contributed by atoms with E-state index in [1.165, 1.54) is 19.1 Å². The van der Waals surface area contributed by atoms with Gasteiger partial charge >= 0.3 is 5.97 Å². The Morgan fingerprint density at radius 3 is 2.68 bits per heavy atom. The average Bonchev–Trinajstić information content (AvgIpc) is 2.67. The molecule has 2 heterocycles. The van der Waals surface area contributed by atoms with E-state index >= 15 is 0 Å². The molecule has 2 fully saturated rings. The summed E-state index contributed by atoms with van der Waals surface area (Å²) in [7, 11) is 3.60. The van der Waals surface area contributed by atoms with Crippen LogP contribution in [-0.4, -0.2) is 36.6 Å². The number of nitrogens with zero attached hydrogens (tertiary/aromatic N) is 1. The largest absolute Gasteiger partial charge is 0.468 e. The lowest BCUT2D eigenvalue weighted by Gasteiger charge is -2.46. The van der Waals surface area contributed by atoms with Crippen molar-refractivity contribution >= 4 is 5.97 Å². The van der Waals surface area contributed by atoms with Gasteiger partial charge in [-0.2, -0.15) is 0 Å². The van der Waals surface area contributed by atoms with E-state index in [0.29, 0.717) is 6.04 Å². The summed E-state index contributed by atoms with van der Waals surface area (Å²) in [5.41, 5.74) is 0.819. The molecule has 2 aliphatic rings. The van der Waals surface area contributed by atoms with Crippen molar-refractivity contribution in [2.45, 2.75) is 43.2 Å². The van der Waals surface area contributed by atoms with Crippen LogP contribution < -0.4 is 0 Å². The zero-order valence-electron chi connectivity index (χ0n) is 11.6. The van der Waals surface area contributed by atoms with Gasteiger partial charge in [-0.1, -0.05) is 30.3 Å². The van der Waals surface area contributed by atoms with E-state index in [0.717, 1.165) is 19.3 Å². The van der Waals surface area contributed by atoms with Gasteiger partial charge in [0.15, 0.2) is 0 Å². The molecule has 3 heteroatoms. The minimum absolute atomic E-state index is 0.0638. The molecule has 0 radical (unpaired) electrons. The molecule has 1 unspecified atom stereocenters. The average molecular weight is 259 g/mol. The van der Waals surface area contributed by atoms with E-state index in [1.807, 2.05) is 6.07 Å². The molecule has 0 spiro atoms. The van der Waals surface area contributed by atoms with Crippen molar-refractivity contribution in [1.82, 2.24) is 4.90 Å². The minimum Gasteiger partial charge on any atom is -0.468 e. The highest BCUT2D eigenvalue weighted by atomic mass is 16.5. The number of benzene rings is 1. The first-order chi connectivity index (χ1) is 9.20. The minimum atomic E-state index is -0.445. The number of ether oxygens (including phenoxy) is 1. The molecule has 2 saturated heterocycles. The fourth-order valence-electron chi connectivity index (χ4n) is 4.13. The van der Waals surface area contributed by atoms with Crippen molar-refractivity contribution in [3.8, 4) is 0 Å². The molecule has 0 amide bonds. The van der Waals surface area contributed by atoms with Gasteiger partial charge in [0.2, 0.25) is 0 Å². The van der Waals surface area contributed by atoms with E-state index in [4.69, 9.17) is 4.74 Å². The van der Waals surface area contributed by atoms with E-state index in [1.54, 1.807) is 0 Å². The first kappa shape index (κ1) is 12.7. The zero-order valence-corrected chi connectivity index (χ0v) is 11.6. The van der Waals surface area contributed by atoms with Crippen molar-refractivity contribution < 1.29 is 9.53 Å². The van der Waals surface area contributed by atoms with Gasteiger partial charge in [0.25, 0.3) is 0 Å². The predicted octanol–water partition coefficient (Wildman–Crippen LogP) is 2.57. The van der Waals surface area contributed by atoms with Crippen LogP contribution in [0.15, 0.2) is 30.3 Å². The number of esters is 1. The van der Waals surface area contributed by atoms with Crippen LogP contribution in [0.4, 0.5) is 0 Å². The second-order valence-corrected chi connectivity index (χ2v) is 5.76. The topological polar surface area (TPSA) is 29.5 Å². The first-order valence-electron chi connectivity index (χ1n) is 7.06. The molecule has 3 atom stereocenters. The fraction of sp³-hybridized carbons (Fsp3) is 0.562. The second-order valence-electron chi connectivity index (χ2n) is 5.76. The highest BCUT2D eigenvalue weighted by molar-refractivity contribution is 5.83. The molecule has 102 valence electrons. The van der Waals surface area contributed by atoms with Gasteiger partial charge in [-0.25, -0.2) is 0 Å². The van der Waals surface area contributed by atoms with Crippen LogP contribution >= 0.6 is 0 Å². The van der Waals surface area contributed by atoms with Crippen molar-refractivity contribution in [2.75, 3.05) is 14.2 Å². The summed E-state index contributed by atoms with van der Waals surface area (Å²) in [6.07, 6.45) is 4.28. The summed E-state index contributed by atoms with van der Waals surface area (Å²) in [6, 6.07) is 11.0. The smallest absolute Gasteiger partial charge is 0.326 e. The molecule has 2 aliphatic heterocycles. The maximum atomic E-state index is 12.5. The number of fused-ring (bicyclic) bond motifs is 2. The maximum absolute atomic E-state index is 12.5. The summed E-state index contributed by atoms with van der Waals surface area (Å²) >= 11 is 0. The summed E-state index contributed by atoms with van der Waals surface area (Å²) < 4.78 is 5.15. The number of carbonyl (C=O) groups excluding carboxylic acids is 1. The Bertz CT molecular complexity index is 473. The third-order valence-electron chi connectivity index (χ3n) is 5.14. The number of hydrogen-bond donors (Lipinski definition) is 0. The number of piperidine rings is 1. The van der Waals surface area contributed by atoms with Crippen LogP contribution in [0.3, 0.4) is 0 Å². The zero-order chi connectivity index (χ0) is 13.5. The Labute approximate surface area is 114 Å². The number of rotatable bonds is 2. The van der Waals surface area contributed by atoms with Crippen LogP contribution in [0.5, 0.6) is 0 Å².